The van der Waals surface area contributed by atoms with Crippen LogP contribution in [0.25, 0.3) is 0 Å². The van der Waals surface area contributed by atoms with E-state index in [-0.39, 0.29) is 38.4 Å². The summed E-state index contributed by atoms with van der Waals surface area (Å²) >= 11 is 0. The van der Waals surface area contributed by atoms with Crippen molar-refractivity contribution in [3.05, 3.63) is 48.2 Å². The van der Waals surface area contributed by atoms with Crippen molar-refractivity contribution in [1.82, 2.24) is 4.98 Å². The van der Waals surface area contributed by atoms with Gasteiger partial charge in [0.25, 0.3) is 5.91 Å². The molecule has 0 radical (unpaired) electrons. The number of pyridine rings is 1. The lowest BCUT2D eigenvalue weighted by Crippen LogP contribution is -2.43. The zero-order valence-corrected chi connectivity index (χ0v) is 16.4. The molecule has 156 valence electrons. The molecule has 9 heteroatoms. The summed E-state index contributed by atoms with van der Waals surface area (Å²) in [4.78, 5) is 54.0. The third-order valence-electron chi connectivity index (χ3n) is 4.32. The average molecular weight is 411 g/mol. The minimum Gasteiger partial charge on any atom is -0.482 e. The van der Waals surface area contributed by atoms with Gasteiger partial charge in [0.15, 0.2) is 12.4 Å². The third kappa shape index (κ3) is 5.19. The molecule has 2 amide bonds. The van der Waals surface area contributed by atoms with E-state index in [9.17, 15) is 19.2 Å². The number of anilines is 2. The Balaban J connectivity index is 1.73. The van der Waals surface area contributed by atoms with Crippen molar-refractivity contribution >= 4 is 35.1 Å². The van der Waals surface area contributed by atoms with E-state index in [1.807, 2.05) is 0 Å². The quantitative estimate of drug-likeness (QED) is 0.522. The van der Waals surface area contributed by atoms with Crippen molar-refractivity contribution < 1.29 is 28.7 Å². The van der Waals surface area contributed by atoms with Gasteiger partial charge in [0.1, 0.15) is 18.1 Å². The molecule has 0 fully saturated rings. The SMILES string of the molecule is CCOC(=O)CCC(=O)c1ccc2c(c1)N(CC(=O)Nc1ccccn1)C(=O)CO2. The number of rotatable bonds is 8. The Morgan fingerprint density at radius 3 is 2.77 bits per heavy atom. The molecular formula is C21H21N3O6. The molecule has 1 aliphatic rings. The largest absolute Gasteiger partial charge is 0.482 e. The third-order valence-corrected chi connectivity index (χ3v) is 4.32. The van der Waals surface area contributed by atoms with Crippen LogP contribution in [0.3, 0.4) is 0 Å². The van der Waals surface area contributed by atoms with E-state index in [1.165, 1.54) is 11.0 Å². The van der Waals surface area contributed by atoms with Gasteiger partial charge in [0.2, 0.25) is 5.91 Å². The summed E-state index contributed by atoms with van der Waals surface area (Å²) in [6.45, 7) is 1.48. The van der Waals surface area contributed by atoms with Gasteiger partial charge in [-0.05, 0) is 37.3 Å². The van der Waals surface area contributed by atoms with E-state index in [2.05, 4.69) is 10.3 Å². The fourth-order valence-electron chi connectivity index (χ4n) is 2.90. The molecule has 0 atom stereocenters. The Bertz CT molecular complexity index is 960. The summed E-state index contributed by atoms with van der Waals surface area (Å²) in [5.41, 5.74) is 0.635. The van der Waals surface area contributed by atoms with Crippen molar-refractivity contribution in [3.63, 3.8) is 0 Å². The van der Waals surface area contributed by atoms with Gasteiger partial charge < -0.3 is 14.8 Å². The lowest BCUT2D eigenvalue weighted by Gasteiger charge is -2.29. The molecule has 9 nitrogen and oxygen atoms in total. The molecule has 0 aliphatic carbocycles. The number of nitrogens with one attached hydrogen (secondary N) is 1. The molecule has 3 rings (SSSR count). The Morgan fingerprint density at radius 2 is 2.03 bits per heavy atom. The van der Waals surface area contributed by atoms with Gasteiger partial charge in [-0.15, -0.1) is 0 Å². The number of ether oxygens (including phenoxy) is 2. The molecule has 0 saturated heterocycles. The number of aromatic nitrogens is 1. The fourth-order valence-corrected chi connectivity index (χ4v) is 2.90. The summed E-state index contributed by atoms with van der Waals surface area (Å²) in [6.07, 6.45) is 1.49. The van der Waals surface area contributed by atoms with E-state index >= 15 is 0 Å². The van der Waals surface area contributed by atoms with Crippen LogP contribution in [0.15, 0.2) is 42.6 Å². The first-order valence-electron chi connectivity index (χ1n) is 9.45. The Morgan fingerprint density at radius 1 is 1.20 bits per heavy atom. The maximum absolute atomic E-state index is 12.5. The van der Waals surface area contributed by atoms with Crippen molar-refractivity contribution in [1.29, 1.82) is 0 Å². The molecule has 1 N–H and O–H groups in total. The highest BCUT2D eigenvalue weighted by Gasteiger charge is 2.28. The number of carbonyl (C=O) groups excluding carboxylic acids is 4. The molecule has 30 heavy (non-hydrogen) atoms. The summed E-state index contributed by atoms with van der Waals surface area (Å²) in [5.74, 6) is -0.811. The van der Waals surface area contributed by atoms with Crippen LogP contribution in [0.4, 0.5) is 11.5 Å². The first-order chi connectivity index (χ1) is 14.5. The predicted octanol–water partition coefficient (Wildman–Crippen LogP) is 1.97. The van der Waals surface area contributed by atoms with Gasteiger partial charge in [0.05, 0.1) is 18.7 Å². The van der Waals surface area contributed by atoms with E-state index < -0.39 is 17.8 Å². The zero-order valence-electron chi connectivity index (χ0n) is 16.4. The molecule has 1 aromatic carbocycles. The van der Waals surface area contributed by atoms with E-state index in [0.717, 1.165) is 0 Å². The van der Waals surface area contributed by atoms with Gasteiger partial charge in [-0.1, -0.05) is 6.07 Å². The van der Waals surface area contributed by atoms with Crippen LogP contribution in [0.5, 0.6) is 5.75 Å². The fraction of sp³-hybridized carbons (Fsp3) is 0.286. The maximum atomic E-state index is 12.5. The first-order valence-corrected chi connectivity index (χ1v) is 9.45. The number of carbonyl (C=O) groups is 4. The second-order valence-corrected chi connectivity index (χ2v) is 6.44. The minimum absolute atomic E-state index is 0.0212. The molecular weight excluding hydrogens is 390 g/mol. The summed E-state index contributed by atoms with van der Waals surface area (Å²) in [6, 6.07) is 9.71. The summed E-state index contributed by atoms with van der Waals surface area (Å²) < 4.78 is 10.2. The van der Waals surface area contributed by atoms with Gasteiger partial charge in [-0.2, -0.15) is 0 Å². The number of ketones is 1. The predicted molar refractivity (Wildman–Crippen MR) is 107 cm³/mol. The molecule has 2 aromatic rings. The number of nitrogens with zero attached hydrogens (tertiary/aromatic N) is 2. The van der Waals surface area contributed by atoms with Crippen molar-refractivity contribution in [2.45, 2.75) is 19.8 Å². The van der Waals surface area contributed by atoms with Crippen LogP contribution in [-0.4, -0.2) is 48.3 Å². The lowest BCUT2D eigenvalue weighted by molar-refractivity contribution is -0.143. The number of esters is 1. The first kappa shape index (κ1) is 21.0. The number of benzene rings is 1. The highest BCUT2D eigenvalue weighted by Crippen LogP contribution is 2.33. The number of hydrogen-bond acceptors (Lipinski definition) is 7. The molecule has 0 bridgehead atoms. The number of amides is 2. The Hall–Kier alpha value is -3.75. The average Bonchev–Trinajstić information content (AvgIpc) is 2.74. The van der Waals surface area contributed by atoms with Crippen molar-refractivity contribution in [3.8, 4) is 5.75 Å². The Labute approximate surface area is 173 Å². The van der Waals surface area contributed by atoms with E-state index in [0.29, 0.717) is 22.8 Å². The van der Waals surface area contributed by atoms with Crippen LogP contribution < -0.4 is 15.0 Å². The second-order valence-electron chi connectivity index (χ2n) is 6.44. The highest BCUT2D eigenvalue weighted by atomic mass is 16.5. The summed E-state index contributed by atoms with van der Waals surface area (Å²) in [7, 11) is 0. The standard InChI is InChI=1S/C21H21N3O6/c1-2-29-21(28)9-7-16(25)14-6-8-17-15(11-14)24(20(27)13-30-17)12-19(26)23-18-5-3-4-10-22-18/h3-6,8,10-11H,2,7,9,12-13H2,1H3,(H,22,23,26). The van der Waals surface area contributed by atoms with Crippen LogP contribution >= 0.6 is 0 Å². The van der Waals surface area contributed by atoms with Gasteiger partial charge >= 0.3 is 5.97 Å². The number of hydrogen-bond donors (Lipinski definition) is 1. The lowest BCUT2D eigenvalue weighted by atomic mass is 10.0. The number of Topliss-reactive ketones (excluding diaryl/α,β-unsaturated/α-hetero) is 1. The van der Waals surface area contributed by atoms with Crippen molar-refractivity contribution in [2.75, 3.05) is 30.0 Å². The molecule has 0 saturated carbocycles. The van der Waals surface area contributed by atoms with Crippen molar-refractivity contribution in [2.24, 2.45) is 0 Å². The highest BCUT2D eigenvalue weighted by molar-refractivity contribution is 6.06. The van der Waals surface area contributed by atoms with Crippen LogP contribution in [0.1, 0.15) is 30.1 Å². The molecule has 1 aliphatic heterocycles. The van der Waals surface area contributed by atoms with Crippen LogP contribution in [0, 0.1) is 0 Å². The second kappa shape index (κ2) is 9.64. The van der Waals surface area contributed by atoms with Gasteiger partial charge in [0, 0.05) is 18.2 Å². The van der Waals surface area contributed by atoms with Gasteiger partial charge in [-0.25, -0.2) is 4.98 Å². The zero-order chi connectivity index (χ0) is 21.5. The molecule has 2 heterocycles. The number of fused-ring (bicyclic) bond motifs is 1. The molecule has 0 unspecified atom stereocenters. The normalized spacial score (nSPS) is 12.6. The van der Waals surface area contributed by atoms with Crippen LogP contribution in [0.2, 0.25) is 0 Å². The molecule has 0 spiro atoms. The molecule has 1 aromatic heterocycles. The van der Waals surface area contributed by atoms with Crippen LogP contribution in [-0.2, 0) is 19.1 Å². The monoisotopic (exact) mass is 411 g/mol. The van der Waals surface area contributed by atoms with Gasteiger partial charge in [-0.3, -0.25) is 24.1 Å². The van der Waals surface area contributed by atoms with E-state index in [4.69, 9.17) is 9.47 Å². The summed E-state index contributed by atoms with van der Waals surface area (Å²) in [5, 5.41) is 2.62. The van der Waals surface area contributed by atoms with E-state index in [1.54, 1.807) is 43.5 Å². The topological polar surface area (TPSA) is 115 Å². The minimum atomic E-state index is -0.449. The Kier molecular flexibility index (Phi) is 6.74. The maximum Gasteiger partial charge on any atom is 0.306 e. The smallest absolute Gasteiger partial charge is 0.306 e.